The standard InChI is InChI=1S/C24H34O23/c25-3-1-5(12(17(32)33)43-21(3)40)41-24-11(31)9(29)14(16(47-24)20(38)39)45-22-4(26)2-6(13(44-22)18(34)35)42-23-10(30)7(27)8(28)15(46-23)19(36)37/h3-16,21-31,40H,1-2H2,(H,32,33)(H,34,35)(H,36,37)(H,38,39)/t3?,4?,5?,6?,7?,8?,9?,10?,11?,12-,13-,14?,15?,16?,21+,22-,23?,24?/m1/s1. The zero-order valence-electron chi connectivity index (χ0n) is 23.7. The van der Waals surface area contributed by atoms with Gasteiger partial charge in [-0.3, -0.25) is 0 Å². The third-order valence-corrected chi connectivity index (χ3v) is 7.83. The molecule has 4 aliphatic heterocycles. The highest BCUT2D eigenvalue weighted by molar-refractivity contribution is 5.74. The topological polar surface area (TPSA) is 376 Å². The molecule has 0 aromatic carbocycles. The van der Waals surface area contributed by atoms with Crippen LogP contribution in [0.15, 0.2) is 0 Å². The molecule has 0 spiro atoms. The van der Waals surface area contributed by atoms with Crippen LogP contribution >= 0.6 is 0 Å². The third-order valence-electron chi connectivity index (χ3n) is 7.83. The minimum atomic E-state index is -2.25. The zero-order chi connectivity index (χ0) is 35.1. The van der Waals surface area contributed by atoms with Gasteiger partial charge in [-0.1, -0.05) is 0 Å². The summed E-state index contributed by atoms with van der Waals surface area (Å²) in [6.07, 6.45) is -37.6. The molecule has 0 bridgehead atoms. The minimum Gasteiger partial charge on any atom is -0.479 e. The summed E-state index contributed by atoms with van der Waals surface area (Å²) in [5, 5.41) is 120. The maximum atomic E-state index is 12.1. The number of hydrogen-bond donors (Lipinski definition) is 12. The van der Waals surface area contributed by atoms with Crippen molar-refractivity contribution < 1.29 is 114 Å². The second-order valence-corrected chi connectivity index (χ2v) is 11.1. The highest BCUT2D eigenvalue weighted by Gasteiger charge is 2.55. The van der Waals surface area contributed by atoms with E-state index in [0.717, 1.165) is 0 Å². The summed E-state index contributed by atoms with van der Waals surface area (Å²) in [6.45, 7) is 0. The molecule has 0 aromatic rings. The van der Waals surface area contributed by atoms with E-state index in [-0.39, 0.29) is 0 Å². The van der Waals surface area contributed by atoms with E-state index in [9.17, 15) is 80.5 Å². The van der Waals surface area contributed by atoms with Crippen LogP contribution in [0, 0.1) is 0 Å². The fourth-order valence-electron chi connectivity index (χ4n) is 5.38. The van der Waals surface area contributed by atoms with Gasteiger partial charge in [0.1, 0.15) is 61.0 Å². The van der Waals surface area contributed by atoms with E-state index in [2.05, 4.69) is 0 Å². The molecule has 4 aliphatic rings. The summed E-state index contributed by atoms with van der Waals surface area (Å²) >= 11 is 0. The molecule has 4 fully saturated rings. The van der Waals surface area contributed by atoms with Gasteiger partial charge in [-0.2, -0.15) is 0 Å². The fourth-order valence-corrected chi connectivity index (χ4v) is 5.38. The van der Waals surface area contributed by atoms with Gasteiger partial charge in [0.25, 0.3) is 0 Å². The Kier molecular flexibility index (Phi) is 11.7. The lowest BCUT2D eigenvalue weighted by Gasteiger charge is -2.46. The van der Waals surface area contributed by atoms with Gasteiger partial charge in [-0.15, -0.1) is 0 Å². The Labute approximate surface area is 261 Å². The van der Waals surface area contributed by atoms with Crippen LogP contribution in [0.25, 0.3) is 0 Å². The molecule has 0 saturated carbocycles. The van der Waals surface area contributed by atoms with Gasteiger partial charge in [-0.05, 0) is 0 Å². The van der Waals surface area contributed by atoms with Crippen LogP contribution in [-0.4, -0.2) is 196 Å². The van der Waals surface area contributed by atoms with Crippen molar-refractivity contribution >= 4 is 23.9 Å². The predicted molar refractivity (Wildman–Crippen MR) is 133 cm³/mol. The Morgan fingerprint density at radius 2 is 0.872 bits per heavy atom. The minimum absolute atomic E-state index is 0.584. The number of carboxylic acids is 4. The average molecular weight is 691 g/mol. The van der Waals surface area contributed by atoms with Gasteiger partial charge in [0, 0.05) is 12.8 Å². The molecule has 4 saturated heterocycles. The second-order valence-electron chi connectivity index (χ2n) is 11.1. The quantitative estimate of drug-likeness (QED) is 0.101. The largest absolute Gasteiger partial charge is 0.479 e. The third kappa shape index (κ3) is 7.79. The monoisotopic (exact) mass is 690 g/mol. The van der Waals surface area contributed by atoms with Gasteiger partial charge in [0.05, 0.1) is 0 Å². The highest BCUT2D eigenvalue weighted by atomic mass is 16.8. The Bertz CT molecular complexity index is 1150. The van der Waals surface area contributed by atoms with Crippen molar-refractivity contribution in [2.75, 3.05) is 0 Å². The van der Waals surface area contributed by atoms with Gasteiger partial charge in [-0.25, -0.2) is 19.2 Å². The van der Waals surface area contributed by atoms with Crippen LogP contribution in [0.2, 0.25) is 0 Å². The lowest BCUT2D eigenvalue weighted by molar-refractivity contribution is -0.363. The number of ether oxygens (including phenoxy) is 7. The van der Waals surface area contributed by atoms with Crippen molar-refractivity contribution in [3.63, 3.8) is 0 Å². The number of aliphatic hydroxyl groups excluding tert-OH is 8. The molecule has 0 aromatic heterocycles. The number of carboxylic acid groups (broad SMARTS) is 4. The summed E-state index contributed by atoms with van der Waals surface area (Å²) in [6, 6.07) is 0. The molecule has 0 amide bonds. The van der Waals surface area contributed by atoms with E-state index in [0.29, 0.717) is 0 Å². The van der Waals surface area contributed by atoms with Crippen molar-refractivity contribution in [2.24, 2.45) is 0 Å². The van der Waals surface area contributed by atoms with Crippen molar-refractivity contribution in [1.29, 1.82) is 0 Å². The smallest absolute Gasteiger partial charge is 0.335 e. The first kappa shape index (κ1) is 37.1. The molecule has 23 nitrogen and oxygen atoms in total. The van der Waals surface area contributed by atoms with Gasteiger partial charge < -0.3 is 94.4 Å². The zero-order valence-corrected chi connectivity index (χ0v) is 23.7. The SMILES string of the molecule is O=C(O)C1OC(OC2CC(O)[C@@H](OC3C(C(=O)O)OC(OC4CC(O)[C@@H](O)O[C@H]4C(=O)O)C(O)C3O)O[C@H]2C(=O)O)C(O)C(O)C1O. The van der Waals surface area contributed by atoms with Crippen molar-refractivity contribution in [3.8, 4) is 0 Å². The number of carbonyl (C=O) groups is 4. The number of aliphatic hydroxyl groups is 8. The molecule has 268 valence electrons. The maximum Gasteiger partial charge on any atom is 0.335 e. The van der Waals surface area contributed by atoms with Crippen LogP contribution in [0.1, 0.15) is 12.8 Å². The van der Waals surface area contributed by atoms with Crippen LogP contribution in [0.3, 0.4) is 0 Å². The summed E-state index contributed by atoms with van der Waals surface area (Å²) in [7, 11) is 0. The van der Waals surface area contributed by atoms with Crippen LogP contribution in [0.5, 0.6) is 0 Å². The fraction of sp³-hybridized carbons (Fsp3) is 0.833. The molecule has 0 radical (unpaired) electrons. The first-order valence-corrected chi connectivity index (χ1v) is 13.9. The van der Waals surface area contributed by atoms with Gasteiger partial charge in [0.2, 0.25) is 0 Å². The molecule has 14 unspecified atom stereocenters. The molecule has 12 N–H and O–H groups in total. The van der Waals surface area contributed by atoms with Crippen LogP contribution in [0.4, 0.5) is 0 Å². The highest BCUT2D eigenvalue weighted by Crippen LogP contribution is 2.34. The molecular weight excluding hydrogens is 656 g/mol. The van der Waals surface area contributed by atoms with E-state index in [1.54, 1.807) is 0 Å². The van der Waals surface area contributed by atoms with E-state index < -0.39 is 147 Å². The van der Waals surface area contributed by atoms with E-state index in [1.807, 2.05) is 0 Å². The maximum absolute atomic E-state index is 12.1. The number of hydrogen-bond acceptors (Lipinski definition) is 19. The number of aliphatic carboxylic acids is 4. The molecule has 4 heterocycles. The summed E-state index contributed by atoms with van der Waals surface area (Å²) in [4.78, 5) is 47.0. The summed E-state index contributed by atoms with van der Waals surface area (Å²) < 4.78 is 36.2. The summed E-state index contributed by atoms with van der Waals surface area (Å²) in [5.74, 6) is -7.06. The Morgan fingerprint density at radius 1 is 0.447 bits per heavy atom. The molecule has 4 rings (SSSR count). The molecular formula is C24H34O23. The van der Waals surface area contributed by atoms with Crippen LogP contribution < -0.4 is 0 Å². The second kappa shape index (κ2) is 14.8. The van der Waals surface area contributed by atoms with E-state index in [1.165, 1.54) is 0 Å². The van der Waals surface area contributed by atoms with Gasteiger partial charge >= 0.3 is 23.9 Å². The molecule has 23 heteroatoms. The van der Waals surface area contributed by atoms with E-state index >= 15 is 0 Å². The van der Waals surface area contributed by atoms with Crippen LogP contribution in [-0.2, 0) is 52.3 Å². The lowest BCUT2D eigenvalue weighted by atomic mass is 9.96. The Hall–Kier alpha value is -2.72. The first-order valence-electron chi connectivity index (χ1n) is 13.9. The Balaban J connectivity index is 1.46. The normalized spacial score (nSPS) is 47.6. The molecule has 47 heavy (non-hydrogen) atoms. The lowest BCUT2D eigenvalue weighted by Crippen LogP contribution is -2.65. The van der Waals surface area contributed by atoms with E-state index in [4.69, 9.17) is 33.2 Å². The van der Waals surface area contributed by atoms with Crippen molar-refractivity contribution in [2.45, 2.75) is 123 Å². The van der Waals surface area contributed by atoms with Crippen molar-refractivity contribution in [1.82, 2.24) is 0 Å². The summed E-state index contributed by atoms with van der Waals surface area (Å²) in [5.41, 5.74) is 0. The predicted octanol–water partition coefficient (Wildman–Crippen LogP) is -7.32. The Morgan fingerprint density at radius 3 is 1.38 bits per heavy atom. The molecule has 18 atom stereocenters. The average Bonchev–Trinajstić information content (AvgIpc) is 2.99. The number of rotatable bonds is 10. The first-order chi connectivity index (χ1) is 21.9. The van der Waals surface area contributed by atoms with Gasteiger partial charge in [0.15, 0.2) is 49.6 Å². The molecule has 0 aliphatic carbocycles. The van der Waals surface area contributed by atoms with Crippen molar-refractivity contribution in [3.05, 3.63) is 0 Å².